The fraction of sp³-hybridized carbons (Fsp3) is 0.111. The average molecular weight is 482 g/mol. The summed E-state index contributed by atoms with van der Waals surface area (Å²) in [5.41, 5.74) is 9.42. The van der Waals surface area contributed by atoms with Crippen LogP contribution in [-0.2, 0) is 0 Å². The minimum absolute atomic E-state index is 1.07. The molecule has 1 N–H and O–H groups in total. The lowest BCUT2D eigenvalue weighted by molar-refractivity contribution is 1.50. The van der Waals surface area contributed by atoms with Gasteiger partial charge in [-0.2, -0.15) is 0 Å². The van der Waals surface area contributed by atoms with Crippen LogP contribution in [0.3, 0.4) is 0 Å². The van der Waals surface area contributed by atoms with Gasteiger partial charge in [-0.25, -0.2) is 0 Å². The van der Waals surface area contributed by atoms with Crippen molar-refractivity contribution in [3.63, 3.8) is 0 Å². The first-order valence-corrected chi connectivity index (χ1v) is 13.1. The van der Waals surface area contributed by atoms with Crippen molar-refractivity contribution < 1.29 is 0 Å². The molecule has 5 aromatic carbocycles. The summed E-state index contributed by atoms with van der Waals surface area (Å²) in [4.78, 5) is 0. The Labute approximate surface area is 221 Å². The molecule has 0 aliphatic heterocycles. The van der Waals surface area contributed by atoms with Crippen molar-refractivity contribution in [3.05, 3.63) is 139 Å². The molecule has 5 rings (SSSR count). The maximum Gasteiger partial charge on any atom is 0.0396 e. The summed E-state index contributed by atoms with van der Waals surface area (Å²) in [6.45, 7) is 8.14. The lowest BCUT2D eigenvalue weighted by Gasteiger charge is -2.14. The van der Waals surface area contributed by atoms with Gasteiger partial charge in [-0.3, -0.25) is 0 Å². The second-order valence-corrected chi connectivity index (χ2v) is 8.64. The van der Waals surface area contributed by atoms with Gasteiger partial charge >= 0.3 is 0 Å². The van der Waals surface area contributed by atoms with Crippen LogP contribution in [0.2, 0.25) is 0 Å². The number of hydrogen-bond acceptors (Lipinski definition) is 1. The van der Waals surface area contributed by atoms with E-state index in [1.165, 1.54) is 44.2 Å². The Morgan fingerprint density at radius 3 is 2.03 bits per heavy atom. The highest BCUT2D eigenvalue weighted by Gasteiger charge is 2.08. The summed E-state index contributed by atoms with van der Waals surface area (Å²) in [7, 11) is 0. The Morgan fingerprint density at radius 1 is 0.595 bits per heavy atom. The van der Waals surface area contributed by atoms with E-state index in [1.807, 2.05) is 13.8 Å². The van der Waals surface area contributed by atoms with Gasteiger partial charge in [0.05, 0.1) is 0 Å². The maximum atomic E-state index is 3.64. The first kappa shape index (κ1) is 25.7. The van der Waals surface area contributed by atoms with Crippen LogP contribution in [0.4, 0.5) is 11.4 Å². The minimum Gasteiger partial charge on any atom is -0.355 e. The third-order valence-electron chi connectivity index (χ3n) is 6.30. The number of anilines is 2. The number of fused-ring (bicyclic) bond motifs is 1. The third kappa shape index (κ3) is 6.08. The number of nitrogens with one attached hydrogen (secondary N) is 1. The molecule has 0 unspecified atom stereocenters. The van der Waals surface area contributed by atoms with Gasteiger partial charge in [0.1, 0.15) is 0 Å². The van der Waals surface area contributed by atoms with E-state index in [2.05, 4.69) is 153 Å². The highest BCUT2D eigenvalue weighted by molar-refractivity contribution is 5.96. The maximum absolute atomic E-state index is 3.64. The fourth-order valence-corrected chi connectivity index (χ4v) is 4.58. The summed E-state index contributed by atoms with van der Waals surface area (Å²) in [6.07, 6.45) is 6.41. The summed E-state index contributed by atoms with van der Waals surface area (Å²) < 4.78 is 0. The summed E-state index contributed by atoms with van der Waals surface area (Å²) in [6, 6.07) is 41.0. The largest absolute Gasteiger partial charge is 0.355 e. The number of rotatable bonds is 6. The minimum atomic E-state index is 1.07. The molecular formula is C36H35N. The van der Waals surface area contributed by atoms with Crippen molar-refractivity contribution in [1.82, 2.24) is 0 Å². The summed E-state index contributed by atoms with van der Waals surface area (Å²) >= 11 is 0. The highest BCUT2D eigenvalue weighted by atomic mass is 14.9. The molecule has 0 fully saturated rings. The highest BCUT2D eigenvalue weighted by Crippen LogP contribution is 2.32. The molecule has 0 radical (unpaired) electrons. The van der Waals surface area contributed by atoms with Crippen molar-refractivity contribution in [2.24, 2.45) is 0 Å². The molecule has 184 valence electrons. The fourth-order valence-electron chi connectivity index (χ4n) is 4.58. The van der Waals surface area contributed by atoms with E-state index in [0.717, 1.165) is 11.4 Å². The Morgan fingerprint density at radius 2 is 1.30 bits per heavy atom. The van der Waals surface area contributed by atoms with Gasteiger partial charge in [-0.05, 0) is 88.3 Å². The second kappa shape index (κ2) is 12.6. The Hall–Kier alpha value is -4.36. The second-order valence-electron chi connectivity index (χ2n) is 8.64. The summed E-state index contributed by atoms with van der Waals surface area (Å²) in [5.74, 6) is 0. The predicted molar refractivity (Wildman–Crippen MR) is 164 cm³/mol. The molecule has 0 aliphatic rings. The molecule has 0 spiro atoms. The van der Waals surface area contributed by atoms with E-state index in [-0.39, 0.29) is 0 Å². The van der Waals surface area contributed by atoms with Crippen LogP contribution in [0.15, 0.2) is 133 Å². The van der Waals surface area contributed by atoms with Crippen molar-refractivity contribution in [1.29, 1.82) is 0 Å². The molecule has 37 heavy (non-hydrogen) atoms. The van der Waals surface area contributed by atoms with Gasteiger partial charge in [-0.1, -0.05) is 117 Å². The van der Waals surface area contributed by atoms with Crippen LogP contribution in [0, 0.1) is 0 Å². The van der Waals surface area contributed by atoms with Crippen LogP contribution in [0.5, 0.6) is 0 Å². The van der Waals surface area contributed by atoms with Gasteiger partial charge < -0.3 is 5.32 Å². The molecule has 0 aromatic heterocycles. The Balaban J connectivity index is 0.00000156. The van der Waals surface area contributed by atoms with Gasteiger partial charge in [0.25, 0.3) is 0 Å². The van der Waals surface area contributed by atoms with Crippen LogP contribution < -0.4 is 5.32 Å². The molecule has 0 saturated carbocycles. The molecule has 5 aromatic rings. The van der Waals surface area contributed by atoms with Gasteiger partial charge in [0.2, 0.25) is 0 Å². The van der Waals surface area contributed by atoms with E-state index >= 15 is 0 Å². The molecule has 0 saturated heterocycles. The van der Waals surface area contributed by atoms with Crippen LogP contribution in [0.25, 0.3) is 38.6 Å². The van der Waals surface area contributed by atoms with E-state index in [9.17, 15) is 0 Å². The zero-order valence-electron chi connectivity index (χ0n) is 22.2. The standard InChI is InChI=1S/C34H29N.C2H6/c1-3-11-25(4-2)29-22-30(26-12-6-5-7-13-26)24-32(23-29)35-31-20-18-28(19-21-31)34-17-10-15-27-14-8-9-16-33(27)34;1-2/h3-24,35H,1-2H3;1-2H3/b11-3-,25-4+;. The zero-order valence-corrected chi connectivity index (χ0v) is 22.2. The van der Waals surface area contributed by atoms with E-state index in [4.69, 9.17) is 0 Å². The van der Waals surface area contributed by atoms with Crippen LogP contribution in [-0.4, -0.2) is 0 Å². The van der Waals surface area contributed by atoms with Gasteiger partial charge in [0.15, 0.2) is 0 Å². The molecule has 1 heteroatoms. The number of benzene rings is 5. The van der Waals surface area contributed by atoms with Gasteiger partial charge in [-0.15, -0.1) is 0 Å². The SMILES string of the molecule is C/C=C\C(=C/C)c1cc(Nc2ccc(-c3cccc4ccccc34)cc2)cc(-c2ccccc2)c1.CC. The van der Waals surface area contributed by atoms with Crippen molar-refractivity contribution in [2.45, 2.75) is 27.7 Å². The lowest BCUT2D eigenvalue weighted by atomic mass is 9.97. The molecular weight excluding hydrogens is 446 g/mol. The first-order chi connectivity index (χ1) is 18.2. The van der Waals surface area contributed by atoms with E-state index < -0.39 is 0 Å². The van der Waals surface area contributed by atoms with Crippen LogP contribution in [0.1, 0.15) is 33.3 Å². The topological polar surface area (TPSA) is 12.0 Å². The van der Waals surface area contributed by atoms with E-state index in [0.29, 0.717) is 0 Å². The average Bonchev–Trinajstić information content (AvgIpc) is 2.97. The summed E-state index contributed by atoms with van der Waals surface area (Å²) in [5, 5.41) is 6.18. The van der Waals surface area contributed by atoms with Crippen molar-refractivity contribution >= 4 is 27.7 Å². The zero-order chi connectivity index (χ0) is 26.0. The number of hydrogen-bond donors (Lipinski definition) is 1. The molecule has 0 aliphatic carbocycles. The first-order valence-electron chi connectivity index (χ1n) is 13.1. The van der Waals surface area contributed by atoms with E-state index in [1.54, 1.807) is 0 Å². The molecule has 0 bridgehead atoms. The Bertz CT molecular complexity index is 1500. The number of allylic oxidation sites excluding steroid dienone is 4. The monoisotopic (exact) mass is 481 g/mol. The van der Waals surface area contributed by atoms with Crippen molar-refractivity contribution in [3.8, 4) is 22.3 Å². The molecule has 0 atom stereocenters. The molecule has 0 heterocycles. The van der Waals surface area contributed by atoms with Crippen LogP contribution >= 0.6 is 0 Å². The molecule has 0 amide bonds. The quantitative estimate of drug-likeness (QED) is 0.238. The van der Waals surface area contributed by atoms with Gasteiger partial charge in [0, 0.05) is 11.4 Å². The lowest BCUT2D eigenvalue weighted by Crippen LogP contribution is -1.94. The molecule has 1 nitrogen and oxygen atoms in total. The Kier molecular flexibility index (Phi) is 8.73. The normalized spacial score (nSPS) is 11.3. The van der Waals surface area contributed by atoms with Crippen molar-refractivity contribution in [2.75, 3.05) is 5.32 Å². The smallest absolute Gasteiger partial charge is 0.0396 e. The predicted octanol–water partition coefficient (Wildman–Crippen LogP) is 10.9. The third-order valence-corrected chi connectivity index (χ3v) is 6.30.